The lowest BCUT2D eigenvalue weighted by Crippen LogP contribution is -2.13. The zero-order valence-corrected chi connectivity index (χ0v) is 14.1. The van der Waals surface area contributed by atoms with E-state index in [1.807, 2.05) is 6.92 Å². The number of fused-ring (bicyclic) bond motifs is 1. The fourth-order valence-corrected chi connectivity index (χ4v) is 2.99. The quantitative estimate of drug-likeness (QED) is 0.597. The van der Waals surface area contributed by atoms with Crippen LogP contribution in [0.2, 0.25) is 0 Å². The zero-order valence-electron chi connectivity index (χ0n) is 13.3. The van der Waals surface area contributed by atoms with Gasteiger partial charge in [-0.3, -0.25) is 10.1 Å². The molecule has 1 N–H and O–H groups in total. The van der Waals surface area contributed by atoms with E-state index in [1.54, 1.807) is 17.6 Å². The maximum Gasteiger partial charge on any atom is 0.297 e. The molecule has 3 aromatic heterocycles. The maximum absolute atomic E-state index is 13.3. The SMILES string of the molecule is Cc1ccnc2nc(C(=O)Nc3nc(-c4ccc(F)c(F)c4)cs3)nn12. The summed E-state index contributed by atoms with van der Waals surface area (Å²) in [4.78, 5) is 24.6. The van der Waals surface area contributed by atoms with Crippen molar-refractivity contribution < 1.29 is 13.6 Å². The van der Waals surface area contributed by atoms with Crippen LogP contribution in [0.3, 0.4) is 0 Å². The van der Waals surface area contributed by atoms with Crippen molar-refractivity contribution >= 4 is 28.2 Å². The summed E-state index contributed by atoms with van der Waals surface area (Å²) in [5.74, 6) is -2.16. The molecule has 0 saturated heterocycles. The molecule has 0 fully saturated rings. The van der Waals surface area contributed by atoms with Crippen LogP contribution < -0.4 is 5.32 Å². The van der Waals surface area contributed by atoms with Crippen molar-refractivity contribution in [3.05, 3.63) is 59.0 Å². The fourth-order valence-electron chi connectivity index (χ4n) is 2.27. The molecule has 0 aliphatic rings. The Morgan fingerprint density at radius 1 is 1.19 bits per heavy atom. The van der Waals surface area contributed by atoms with Gasteiger partial charge in [-0.15, -0.1) is 16.4 Å². The molecule has 4 rings (SSSR count). The average molecular weight is 372 g/mol. The van der Waals surface area contributed by atoms with Gasteiger partial charge in [0, 0.05) is 22.8 Å². The minimum Gasteiger partial charge on any atom is -0.295 e. The van der Waals surface area contributed by atoms with Gasteiger partial charge in [-0.25, -0.2) is 23.3 Å². The molecule has 10 heteroatoms. The molecule has 0 radical (unpaired) electrons. The zero-order chi connectivity index (χ0) is 18.3. The number of anilines is 1. The molecule has 1 amide bonds. The second kappa shape index (κ2) is 6.23. The summed E-state index contributed by atoms with van der Waals surface area (Å²) in [5.41, 5.74) is 1.62. The number of amides is 1. The van der Waals surface area contributed by atoms with Gasteiger partial charge in [-0.05, 0) is 31.2 Å². The van der Waals surface area contributed by atoms with Crippen molar-refractivity contribution in [2.45, 2.75) is 6.92 Å². The molecule has 0 spiro atoms. The Balaban J connectivity index is 1.57. The van der Waals surface area contributed by atoms with Gasteiger partial charge in [-0.1, -0.05) is 0 Å². The predicted molar refractivity (Wildman–Crippen MR) is 90.9 cm³/mol. The molecule has 7 nitrogen and oxygen atoms in total. The molecule has 0 unspecified atom stereocenters. The molecule has 0 atom stereocenters. The molecule has 3 heterocycles. The number of halogens is 2. The van der Waals surface area contributed by atoms with Crippen LogP contribution in [0.25, 0.3) is 17.0 Å². The van der Waals surface area contributed by atoms with E-state index in [-0.39, 0.29) is 5.82 Å². The van der Waals surface area contributed by atoms with Crippen molar-refractivity contribution in [1.29, 1.82) is 0 Å². The molecule has 0 saturated carbocycles. The van der Waals surface area contributed by atoms with Gasteiger partial charge in [0.2, 0.25) is 5.82 Å². The highest BCUT2D eigenvalue weighted by molar-refractivity contribution is 7.14. The third kappa shape index (κ3) is 2.90. The van der Waals surface area contributed by atoms with Crippen LogP contribution in [0.4, 0.5) is 13.9 Å². The molecule has 0 aliphatic carbocycles. The molecule has 4 aromatic rings. The highest BCUT2D eigenvalue weighted by Gasteiger charge is 2.16. The summed E-state index contributed by atoms with van der Waals surface area (Å²) in [7, 11) is 0. The van der Waals surface area contributed by atoms with Crippen molar-refractivity contribution in [1.82, 2.24) is 24.6 Å². The normalized spacial score (nSPS) is 11.0. The van der Waals surface area contributed by atoms with Crippen LogP contribution in [-0.2, 0) is 0 Å². The molecule has 26 heavy (non-hydrogen) atoms. The van der Waals surface area contributed by atoms with Crippen LogP contribution in [0.15, 0.2) is 35.8 Å². The second-order valence-electron chi connectivity index (χ2n) is 5.35. The van der Waals surface area contributed by atoms with Gasteiger partial charge in [0.05, 0.1) is 5.69 Å². The first kappa shape index (κ1) is 16.2. The van der Waals surface area contributed by atoms with Crippen LogP contribution >= 0.6 is 11.3 Å². The van der Waals surface area contributed by atoms with Gasteiger partial charge < -0.3 is 0 Å². The Hall–Kier alpha value is -3.27. The standard InChI is InChI=1S/C16H10F2N6OS/c1-8-4-5-19-15-21-13(23-24(8)15)14(25)22-16-20-12(7-26-16)9-2-3-10(17)11(18)6-9/h2-7H,1H3,(H,20,22,25). The lowest BCUT2D eigenvalue weighted by Gasteiger charge is -1.98. The summed E-state index contributed by atoms with van der Waals surface area (Å²) in [6, 6.07) is 5.24. The predicted octanol–water partition coefficient (Wildman–Crippen LogP) is 3.09. The number of nitrogens with one attached hydrogen (secondary N) is 1. The molecular formula is C16H10F2N6OS. The number of benzene rings is 1. The topological polar surface area (TPSA) is 85.1 Å². The molecular weight excluding hydrogens is 362 g/mol. The number of hydrogen-bond acceptors (Lipinski definition) is 6. The van der Waals surface area contributed by atoms with Gasteiger partial charge >= 0.3 is 0 Å². The highest BCUT2D eigenvalue weighted by Crippen LogP contribution is 2.26. The summed E-state index contributed by atoms with van der Waals surface area (Å²) >= 11 is 1.15. The monoisotopic (exact) mass is 372 g/mol. The van der Waals surface area contributed by atoms with E-state index >= 15 is 0 Å². The third-order valence-corrected chi connectivity index (χ3v) is 4.33. The summed E-state index contributed by atoms with van der Waals surface area (Å²) in [6.07, 6.45) is 1.58. The minimum atomic E-state index is -0.960. The van der Waals surface area contributed by atoms with Crippen LogP contribution in [0.1, 0.15) is 16.3 Å². The van der Waals surface area contributed by atoms with Crippen molar-refractivity contribution in [3.63, 3.8) is 0 Å². The first-order valence-electron chi connectivity index (χ1n) is 7.42. The number of thiazole rings is 1. The van der Waals surface area contributed by atoms with E-state index in [4.69, 9.17) is 0 Å². The number of hydrogen-bond donors (Lipinski definition) is 1. The Kier molecular flexibility index (Phi) is 3.88. The van der Waals surface area contributed by atoms with Crippen molar-refractivity contribution in [3.8, 4) is 11.3 Å². The largest absolute Gasteiger partial charge is 0.297 e. The number of carbonyl (C=O) groups is 1. The minimum absolute atomic E-state index is 0.0450. The fraction of sp³-hybridized carbons (Fsp3) is 0.0625. The number of nitrogens with zero attached hydrogens (tertiary/aromatic N) is 5. The molecule has 0 aliphatic heterocycles. The Morgan fingerprint density at radius 3 is 2.81 bits per heavy atom. The molecule has 1 aromatic carbocycles. The van der Waals surface area contributed by atoms with E-state index in [9.17, 15) is 13.6 Å². The van der Waals surface area contributed by atoms with E-state index in [1.165, 1.54) is 10.6 Å². The Labute approximate surface area is 149 Å². The van der Waals surface area contributed by atoms with E-state index in [2.05, 4.69) is 25.4 Å². The van der Waals surface area contributed by atoms with Gasteiger partial charge in [0.1, 0.15) is 0 Å². The summed E-state index contributed by atoms with van der Waals surface area (Å²) in [6.45, 7) is 1.82. The van der Waals surface area contributed by atoms with E-state index in [0.717, 1.165) is 29.2 Å². The average Bonchev–Trinajstić information content (AvgIpc) is 3.25. The summed E-state index contributed by atoms with van der Waals surface area (Å²) in [5, 5.41) is 8.62. The van der Waals surface area contributed by atoms with Crippen molar-refractivity contribution in [2.24, 2.45) is 0 Å². The number of carbonyl (C=O) groups excluding carboxylic acids is 1. The lowest BCUT2D eigenvalue weighted by atomic mass is 10.2. The number of aromatic nitrogens is 5. The Morgan fingerprint density at radius 2 is 2.04 bits per heavy atom. The smallest absolute Gasteiger partial charge is 0.295 e. The van der Waals surface area contributed by atoms with E-state index in [0.29, 0.717) is 22.2 Å². The third-order valence-electron chi connectivity index (χ3n) is 3.57. The maximum atomic E-state index is 13.3. The van der Waals surface area contributed by atoms with Crippen LogP contribution in [0.5, 0.6) is 0 Å². The van der Waals surface area contributed by atoms with Gasteiger partial charge in [0.15, 0.2) is 16.8 Å². The van der Waals surface area contributed by atoms with Crippen molar-refractivity contribution in [2.75, 3.05) is 5.32 Å². The van der Waals surface area contributed by atoms with E-state index < -0.39 is 17.5 Å². The highest BCUT2D eigenvalue weighted by atomic mass is 32.1. The second-order valence-corrected chi connectivity index (χ2v) is 6.21. The van der Waals surface area contributed by atoms with Gasteiger partial charge in [-0.2, -0.15) is 4.98 Å². The first-order valence-corrected chi connectivity index (χ1v) is 8.30. The molecule has 0 bridgehead atoms. The summed E-state index contributed by atoms with van der Waals surface area (Å²) < 4.78 is 27.8. The van der Waals surface area contributed by atoms with Crippen LogP contribution in [0, 0.1) is 18.6 Å². The lowest BCUT2D eigenvalue weighted by molar-refractivity contribution is 0.101. The number of rotatable bonds is 3. The Bertz CT molecular complexity index is 1140. The molecule has 130 valence electrons. The first-order chi connectivity index (χ1) is 12.5. The van der Waals surface area contributed by atoms with Gasteiger partial charge in [0.25, 0.3) is 11.7 Å². The van der Waals surface area contributed by atoms with Crippen LogP contribution in [-0.4, -0.2) is 30.5 Å². The number of aryl methyl sites for hydroxylation is 1.